The Kier molecular flexibility index (Phi) is 2.50. The van der Waals surface area contributed by atoms with E-state index in [9.17, 15) is 0 Å². The highest BCUT2D eigenvalue weighted by Gasteiger charge is 2.53. The molecule has 6 rings (SSSR count). The molecule has 4 saturated carbocycles. The number of anilines is 1. The predicted molar refractivity (Wildman–Crippen MR) is 86.1 cm³/mol. The molecule has 0 saturated heterocycles. The Morgan fingerprint density at radius 2 is 1.55 bits per heavy atom. The van der Waals surface area contributed by atoms with Crippen LogP contribution in [0.3, 0.4) is 0 Å². The van der Waals surface area contributed by atoms with Crippen LogP contribution in [0.5, 0.6) is 0 Å². The Hall–Kier alpha value is -1.84. The van der Waals surface area contributed by atoms with Gasteiger partial charge in [0.05, 0.1) is 0 Å². The van der Waals surface area contributed by atoms with Crippen molar-refractivity contribution in [3.8, 4) is 11.4 Å². The van der Waals surface area contributed by atoms with E-state index in [0.29, 0.717) is 0 Å². The number of aromatic amines is 1. The van der Waals surface area contributed by atoms with Gasteiger partial charge in [0.25, 0.3) is 0 Å². The van der Waals surface area contributed by atoms with E-state index in [1.165, 1.54) is 38.5 Å². The Bertz CT molecular complexity index is 665. The fourth-order valence-electron chi connectivity index (χ4n) is 5.66. The second-order valence-electron chi connectivity index (χ2n) is 7.83. The van der Waals surface area contributed by atoms with Crippen LogP contribution < -0.4 is 5.73 Å². The summed E-state index contributed by atoms with van der Waals surface area (Å²) >= 11 is 0. The zero-order chi connectivity index (χ0) is 14.7. The Morgan fingerprint density at radius 3 is 2.14 bits per heavy atom. The first kappa shape index (κ1) is 12.7. The quantitative estimate of drug-likeness (QED) is 0.833. The zero-order valence-corrected chi connectivity index (χ0v) is 12.8. The number of hydrogen-bond acceptors (Lipinski definition) is 3. The second-order valence-corrected chi connectivity index (χ2v) is 7.83. The standard InChI is InChI=1S/C18H22N4/c19-15-3-1-14(2-4-15)16-20-17(22-21-16)18-8-11-5-12(9-18)7-13(6-11)10-18/h1-4,11-13H,5-10,19H2,(H,20,21,22). The van der Waals surface area contributed by atoms with Crippen molar-refractivity contribution in [2.45, 2.75) is 43.9 Å². The summed E-state index contributed by atoms with van der Waals surface area (Å²) in [5.41, 5.74) is 7.87. The number of hydrogen-bond donors (Lipinski definition) is 2. The monoisotopic (exact) mass is 294 g/mol. The third kappa shape index (κ3) is 1.82. The number of benzene rings is 1. The van der Waals surface area contributed by atoms with Crippen molar-refractivity contribution in [2.75, 3.05) is 5.73 Å². The summed E-state index contributed by atoms with van der Waals surface area (Å²) in [6.45, 7) is 0. The number of nitrogens with two attached hydrogens (primary N) is 1. The van der Waals surface area contributed by atoms with Gasteiger partial charge in [0.1, 0.15) is 5.82 Å². The number of aromatic nitrogens is 3. The molecule has 2 aromatic rings. The fraction of sp³-hybridized carbons (Fsp3) is 0.556. The van der Waals surface area contributed by atoms with Crippen molar-refractivity contribution in [1.82, 2.24) is 15.2 Å². The van der Waals surface area contributed by atoms with Gasteiger partial charge in [-0.15, -0.1) is 0 Å². The van der Waals surface area contributed by atoms with E-state index in [0.717, 1.165) is 40.7 Å². The average Bonchev–Trinajstić information content (AvgIpc) is 2.97. The van der Waals surface area contributed by atoms with Gasteiger partial charge in [-0.2, -0.15) is 5.10 Å². The largest absolute Gasteiger partial charge is 0.399 e. The third-order valence-electron chi connectivity index (χ3n) is 6.19. The molecule has 4 fully saturated rings. The summed E-state index contributed by atoms with van der Waals surface area (Å²) in [7, 11) is 0. The molecule has 114 valence electrons. The van der Waals surface area contributed by atoms with Gasteiger partial charge in [0.15, 0.2) is 5.82 Å². The van der Waals surface area contributed by atoms with Crippen LogP contribution in [0.15, 0.2) is 24.3 Å². The van der Waals surface area contributed by atoms with Crippen LogP contribution in [0.4, 0.5) is 5.69 Å². The van der Waals surface area contributed by atoms with Gasteiger partial charge in [-0.25, -0.2) is 4.98 Å². The van der Waals surface area contributed by atoms with Crippen LogP contribution in [0.1, 0.15) is 44.3 Å². The van der Waals surface area contributed by atoms with Crippen LogP contribution >= 0.6 is 0 Å². The smallest absolute Gasteiger partial charge is 0.181 e. The van der Waals surface area contributed by atoms with E-state index < -0.39 is 0 Å². The fourth-order valence-corrected chi connectivity index (χ4v) is 5.66. The van der Waals surface area contributed by atoms with Crippen LogP contribution in [0, 0.1) is 17.8 Å². The molecule has 4 nitrogen and oxygen atoms in total. The molecular weight excluding hydrogens is 272 g/mol. The molecule has 3 N–H and O–H groups in total. The van der Waals surface area contributed by atoms with Crippen LogP contribution in [-0.4, -0.2) is 15.2 Å². The topological polar surface area (TPSA) is 67.6 Å². The maximum atomic E-state index is 5.76. The van der Waals surface area contributed by atoms with Crippen molar-refractivity contribution in [1.29, 1.82) is 0 Å². The third-order valence-corrected chi connectivity index (χ3v) is 6.19. The van der Waals surface area contributed by atoms with Crippen LogP contribution in [0.25, 0.3) is 11.4 Å². The summed E-state index contributed by atoms with van der Waals surface area (Å²) in [5, 5.41) is 7.78. The number of nitrogens with zero attached hydrogens (tertiary/aromatic N) is 2. The highest BCUT2D eigenvalue weighted by molar-refractivity contribution is 5.58. The molecule has 4 bridgehead atoms. The van der Waals surface area contributed by atoms with Gasteiger partial charge in [-0.3, -0.25) is 5.10 Å². The van der Waals surface area contributed by atoms with Gasteiger partial charge in [-0.1, -0.05) is 0 Å². The number of rotatable bonds is 2. The minimum Gasteiger partial charge on any atom is -0.399 e. The van der Waals surface area contributed by atoms with E-state index >= 15 is 0 Å². The van der Waals surface area contributed by atoms with Crippen molar-refractivity contribution < 1.29 is 0 Å². The molecule has 0 radical (unpaired) electrons. The second kappa shape index (κ2) is 4.34. The highest BCUT2D eigenvalue weighted by atomic mass is 15.2. The molecular formula is C18H22N4. The number of nitrogen functional groups attached to an aromatic ring is 1. The molecule has 0 unspecified atom stereocenters. The van der Waals surface area contributed by atoms with Crippen molar-refractivity contribution in [3.63, 3.8) is 0 Å². The van der Waals surface area contributed by atoms with Crippen LogP contribution in [0.2, 0.25) is 0 Å². The first-order chi connectivity index (χ1) is 10.7. The van der Waals surface area contributed by atoms with E-state index in [1.807, 2.05) is 24.3 Å². The minimum absolute atomic E-state index is 0.286. The Balaban J connectivity index is 1.50. The summed E-state index contributed by atoms with van der Waals surface area (Å²) in [5.74, 6) is 4.73. The normalized spacial score (nSPS) is 35.9. The minimum atomic E-state index is 0.286. The molecule has 0 spiro atoms. The average molecular weight is 294 g/mol. The van der Waals surface area contributed by atoms with Gasteiger partial charge in [0, 0.05) is 16.7 Å². The predicted octanol–water partition coefficient (Wildman–Crippen LogP) is 3.52. The molecule has 22 heavy (non-hydrogen) atoms. The van der Waals surface area contributed by atoms with Crippen molar-refractivity contribution in [2.24, 2.45) is 17.8 Å². The van der Waals surface area contributed by atoms with Crippen molar-refractivity contribution >= 4 is 5.69 Å². The summed E-state index contributed by atoms with van der Waals surface area (Å²) in [6, 6.07) is 7.83. The maximum absolute atomic E-state index is 5.76. The van der Waals surface area contributed by atoms with Crippen molar-refractivity contribution in [3.05, 3.63) is 30.1 Å². The molecule has 4 heteroatoms. The molecule has 4 aliphatic rings. The molecule has 1 heterocycles. The lowest BCUT2D eigenvalue weighted by Crippen LogP contribution is -2.49. The first-order valence-corrected chi connectivity index (χ1v) is 8.49. The van der Waals surface area contributed by atoms with Gasteiger partial charge < -0.3 is 5.73 Å². The summed E-state index contributed by atoms with van der Waals surface area (Å²) in [4.78, 5) is 4.89. The van der Waals surface area contributed by atoms with E-state index in [-0.39, 0.29) is 5.41 Å². The lowest BCUT2D eigenvalue weighted by molar-refractivity contribution is -0.00920. The molecule has 0 aliphatic heterocycles. The SMILES string of the molecule is Nc1ccc(-c2n[nH]c(C34CC5CC(CC(C5)C3)C4)n2)cc1. The molecule has 0 amide bonds. The summed E-state index contributed by atoms with van der Waals surface area (Å²) < 4.78 is 0. The maximum Gasteiger partial charge on any atom is 0.181 e. The molecule has 1 aromatic carbocycles. The molecule has 0 atom stereocenters. The Morgan fingerprint density at radius 1 is 0.955 bits per heavy atom. The van der Waals surface area contributed by atoms with Crippen LogP contribution in [-0.2, 0) is 5.41 Å². The number of nitrogens with one attached hydrogen (secondary N) is 1. The first-order valence-electron chi connectivity index (χ1n) is 8.49. The Labute approximate surface area is 130 Å². The zero-order valence-electron chi connectivity index (χ0n) is 12.8. The van der Waals surface area contributed by atoms with E-state index in [2.05, 4.69) is 10.2 Å². The van der Waals surface area contributed by atoms with E-state index in [4.69, 9.17) is 10.7 Å². The van der Waals surface area contributed by atoms with E-state index in [1.54, 1.807) is 0 Å². The van der Waals surface area contributed by atoms with Gasteiger partial charge in [0.2, 0.25) is 0 Å². The lowest BCUT2D eigenvalue weighted by atomic mass is 9.49. The molecule has 1 aromatic heterocycles. The highest BCUT2D eigenvalue weighted by Crippen LogP contribution is 2.60. The summed E-state index contributed by atoms with van der Waals surface area (Å²) in [6.07, 6.45) is 8.31. The molecule has 4 aliphatic carbocycles. The lowest BCUT2D eigenvalue weighted by Gasteiger charge is -2.55. The van der Waals surface area contributed by atoms with Gasteiger partial charge in [-0.05, 0) is 80.5 Å². The number of H-pyrrole nitrogens is 1. The van der Waals surface area contributed by atoms with Gasteiger partial charge >= 0.3 is 0 Å².